The summed E-state index contributed by atoms with van der Waals surface area (Å²) in [7, 11) is 0. The second-order valence-corrected chi connectivity index (χ2v) is 4.37. The van der Waals surface area contributed by atoms with E-state index in [1.807, 2.05) is 18.5 Å². The van der Waals surface area contributed by atoms with E-state index in [0.717, 1.165) is 27.7 Å². The third-order valence-electron chi connectivity index (χ3n) is 2.87. The Kier molecular flexibility index (Phi) is 2.22. The van der Waals surface area contributed by atoms with Crippen LogP contribution in [0.3, 0.4) is 0 Å². The number of benzene rings is 1. The molecule has 0 spiro atoms. The molecule has 2 heterocycles. The third kappa shape index (κ3) is 1.82. The maximum atomic E-state index is 4.41. The predicted octanol–water partition coefficient (Wildman–Crippen LogP) is 3.65. The number of aryl methyl sites for hydroxylation is 2. The molecule has 0 aliphatic rings. The van der Waals surface area contributed by atoms with Crippen LogP contribution in [0.25, 0.3) is 22.2 Å². The average molecular weight is 221 g/mol. The molecule has 1 radical (unpaired) electrons. The maximum absolute atomic E-state index is 4.41. The second kappa shape index (κ2) is 3.74. The number of fused-ring (bicyclic) bond motifs is 1. The van der Waals surface area contributed by atoms with Crippen LogP contribution in [0.4, 0.5) is 0 Å². The summed E-state index contributed by atoms with van der Waals surface area (Å²) in [6.45, 7) is 4.14. The van der Waals surface area contributed by atoms with Gasteiger partial charge in [0.2, 0.25) is 0 Å². The smallest absolute Gasteiger partial charge is 0.137 e. The highest BCUT2D eigenvalue weighted by atomic mass is 14.8. The predicted molar refractivity (Wildman–Crippen MR) is 69.8 cm³/mol. The molecule has 0 amide bonds. The summed E-state index contributed by atoms with van der Waals surface area (Å²) < 4.78 is 0. The number of nitrogens with zero attached hydrogens (tertiary/aromatic N) is 1. The van der Waals surface area contributed by atoms with Gasteiger partial charge in [0, 0.05) is 23.3 Å². The zero-order valence-corrected chi connectivity index (χ0v) is 9.91. The topological polar surface area (TPSA) is 28.7 Å². The van der Waals surface area contributed by atoms with Crippen molar-refractivity contribution in [1.29, 1.82) is 0 Å². The highest BCUT2D eigenvalue weighted by Gasteiger charge is 2.02. The van der Waals surface area contributed by atoms with Crippen LogP contribution in [-0.2, 0) is 0 Å². The lowest BCUT2D eigenvalue weighted by molar-refractivity contribution is 1.32. The van der Waals surface area contributed by atoms with Crippen molar-refractivity contribution in [3.63, 3.8) is 0 Å². The molecular weight excluding hydrogens is 208 g/mol. The summed E-state index contributed by atoms with van der Waals surface area (Å²) >= 11 is 0. The van der Waals surface area contributed by atoms with Gasteiger partial charge in [-0.15, -0.1) is 0 Å². The highest BCUT2D eigenvalue weighted by molar-refractivity contribution is 5.81. The first-order valence-corrected chi connectivity index (χ1v) is 5.66. The molecule has 2 heteroatoms. The molecule has 0 saturated heterocycles. The first kappa shape index (κ1) is 10.1. The molecule has 3 aromatic rings. The maximum Gasteiger partial charge on any atom is 0.137 e. The van der Waals surface area contributed by atoms with E-state index in [9.17, 15) is 0 Å². The van der Waals surface area contributed by atoms with Gasteiger partial charge in [-0.1, -0.05) is 12.1 Å². The van der Waals surface area contributed by atoms with Crippen LogP contribution in [0.1, 0.15) is 11.1 Å². The Labute approximate surface area is 100 Å². The summed E-state index contributed by atoms with van der Waals surface area (Å²) in [5, 5.41) is 1.14. The molecule has 2 nitrogen and oxygen atoms in total. The first-order valence-electron chi connectivity index (χ1n) is 5.66. The van der Waals surface area contributed by atoms with Crippen LogP contribution in [-0.4, -0.2) is 9.97 Å². The Morgan fingerprint density at radius 1 is 1.06 bits per heavy atom. The van der Waals surface area contributed by atoms with E-state index >= 15 is 0 Å². The van der Waals surface area contributed by atoms with Gasteiger partial charge in [0.25, 0.3) is 0 Å². The van der Waals surface area contributed by atoms with Gasteiger partial charge < -0.3 is 4.98 Å². The fourth-order valence-corrected chi connectivity index (χ4v) is 2.16. The number of H-pyrrole nitrogens is 1. The van der Waals surface area contributed by atoms with E-state index in [1.165, 1.54) is 5.56 Å². The van der Waals surface area contributed by atoms with Gasteiger partial charge in [0.15, 0.2) is 0 Å². The summed E-state index contributed by atoms with van der Waals surface area (Å²) in [4.78, 5) is 7.51. The Balaban J connectivity index is 2.19. The molecule has 0 atom stereocenters. The van der Waals surface area contributed by atoms with E-state index in [-0.39, 0.29) is 0 Å². The van der Waals surface area contributed by atoms with Crippen molar-refractivity contribution in [2.75, 3.05) is 0 Å². The van der Waals surface area contributed by atoms with Gasteiger partial charge in [-0.2, -0.15) is 0 Å². The van der Waals surface area contributed by atoms with E-state index in [1.54, 1.807) is 0 Å². The fourth-order valence-electron chi connectivity index (χ4n) is 2.16. The highest BCUT2D eigenvalue weighted by Crippen LogP contribution is 2.24. The summed E-state index contributed by atoms with van der Waals surface area (Å²) in [5.74, 6) is 0. The van der Waals surface area contributed by atoms with Crippen molar-refractivity contribution < 1.29 is 0 Å². The molecule has 0 unspecified atom stereocenters. The molecule has 1 aromatic carbocycles. The molecular formula is C15H13N2. The number of hydrogen-bond acceptors (Lipinski definition) is 1. The van der Waals surface area contributed by atoms with Crippen molar-refractivity contribution in [2.24, 2.45) is 0 Å². The standard InChI is InChI=1S/C15H13N2/c1-10-5-11(2)7-13(6-10)14-8-12-3-4-16-15(12)17-9-14/h3-4,6-9H,1-2H3,(H,16,17). The fraction of sp³-hybridized carbons (Fsp3) is 0.133. The van der Waals surface area contributed by atoms with Crippen molar-refractivity contribution in [3.8, 4) is 11.1 Å². The molecule has 1 N–H and O–H groups in total. The van der Waals surface area contributed by atoms with Crippen molar-refractivity contribution in [2.45, 2.75) is 13.8 Å². The lowest BCUT2D eigenvalue weighted by atomic mass is 10.0. The monoisotopic (exact) mass is 221 g/mol. The first-order chi connectivity index (χ1) is 8.22. The van der Waals surface area contributed by atoms with Crippen molar-refractivity contribution in [1.82, 2.24) is 9.97 Å². The minimum atomic E-state index is 0.935. The Morgan fingerprint density at radius 2 is 1.82 bits per heavy atom. The second-order valence-electron chi connectivity index (χ2n) is 4.37. The molecule has 83 valence electrons. The average Bonchev–Trinajstić information content (AvgIpc) is 2.74. The zero-order chi connectivity index (χ0) is 11.8. The number of rotatable bonds is 1. The molecule has 3 rings (SSSR count). The molecule has 2 aromatic heterocycles. The van der Waals surface area contributed by atoms with Gasteiger partial charge in [-0.05, 0) is 48.7 Å². The lowest BCUT2D eigenvalue weighted by Gasteiger charge is -2.04. The normalized spacial score (nSPS) is 10.9. The van der Waals surface area contributed by atoms with E-state index in [4.69, 9.17) is 0 Å². The SMILES string of the molecule is Cc1[c]c(C)cc(-c2cnc3[nH]ccc3c2)c1. The molecule has 0 fully saturated rings. The number of pyridine rings is 1. The van der Waals surface area contributed by atoms with Crippen LogP contribution >= 0.6 is 0 Å². The van der Waals surface area contributed by atoms with Gasteiger partial charge in [-0.25, -0.2) is 4.98 Å². The number of aromatic nitrogens is 2. The Bertz CT molecular complexity index is 660. The minimum absolute atomic E-state index is 0.935. The molecule has 0 bridgehead atoms. The van der Waals surface area contributed by atoms with Crippen LogP contribution in [0.2, 0.25) is 0 Å². The van der Waals surface area contributed by atoms with Crippen LogP contribution in [0, 0.1) is 19.9 Å². The molecule has 17 heavy (non-hydrogen) atoms. The zero-order valence-electron chi connectivity index (χ0n) is 9.91. The van der Waals surface area contributed by atoms with E-state index in [0.29, 0.717) is 0 Å². The lowest BCUT2D eigenvalue weighted by Crippen LogP contribution is -1.85. The van der Waals surface area contributed by atoms with Gasteiger partial charge in [0.05, 0.1) is 0 Å². The number of nitrogens with one attached hydrogen (secondary N) is 1. The molecule has 0 aliphatic heterocycles. The molecule has 0 saturated carbocycles. The van der Waals surface area contributed by atoms with Gasteiger partial charge in [-0.3, -0.25) is 0 Å². The number of hydrogen-bond donors (Lipinski definition) is 1. The van der Waals surface area contributed by atoms with Crippen LogP contribution < -0.4 is 0 Å². The summed E-state index contributed by atoms with van der Waals surface area (Å²) in [5.41, 5.74) is 5.61. The Hall–Kier alpha value is -2.09. The van der Waals surface area contributed by atoms with E-state index < -0.39 is 0 Å². The van der Waals surface area contributed by atoms with Crippen LogP contribution in [0.15, 0.2) is 36.7 Å². The van der Waals surface area contributed by atoms with Crippen molar-refractivity contribution >= 4 is 11.0 Å². The van der Waals surface area contributed by atoms with Crippen LogP contribution in [0.5, 0.6) is 0 Å². The van der Waals surface area contributed by atoms with Crippen molar-refractivity contribution in [3.05, 3.63) is 53.9 Å². The Morgan fingerprint density at radius 3 is 2.59 bits per heavy atom. The van der Waals surface area contributed by atoms with E-state index in [2.05, 4.69) is 48.1 Å². The third-order valence-corrected chi connectivity index (χ3v) is 2.87. The summed E-state index contributed by atoms with van der Waals surface area (Å²) in [6.07, 6.45) is 3.82. The van der Waals surface area contributed by atoms with Gasteiger partial charge >= 0.3 is 0 Å². The summed E-state index contributed by atoms with van der Waals surface area (Å²) in [6, 6.07) is 11.8. The van der Waals surface area contributed by atoms with Gasteiger partial charge in [0.1, 0.15) is 5.65 Å². The number of aromatic amines is 1. The molecule has 0 aliphatic carbocycles. The minimum Gasteiger partial charge on any atom is -0.346 e. The largest absolute Gasteiger partial charge is 0.346 e. The quantitative estimate of drug-likeness (QED) is 0.667.